The maximum absolute atomic E-state index is 10.2. The molecule has 0 aromatic rings. The van der Waals surface area contributed by atoms with E-state index in [2.05, 4.69) is 32.2 Å². The summed E-state index contributed by atoms with van der Waals surface area (Å²) < 4.78 is 37.5. The average Bonchev–Trinajstić information content (AvgIpc) is 2.63. The molecule has 19 heavy (non-hydrogen) atoms. The Morgan fingerprint density at radius 1 is 1.21 bits per heavy atom. The lowest BCUT2D eigenvalue weighted by Crippen LogP contribution is -2.49. The van der Waals surface area contributed by atoms with Gasteiger partial charge in [0, 0.05) is 18.8 Å². The van der Waals surface area contributed by atoms with E-state index in [1.807, 2.05) is 0 Å². The topological polar surface area (TPSA) is 9.23 Å². The molecule has 1 aliphatic rings. The van der Waals surface area contributed by atoms with Gasteiger partial charge in [0.1, 0.15) is 0 Å². The van der Waals surface area contributed by atoms with E-state index in [0.717, 1.165) is 25.7 Å². The molecular weight excluding hydrogens is 277 g/mol. The van der Waals surface area contributed by atoms with Crippen LogP contribution in [0.4, 0.5) is 12.9 Å². The Hall–Kier alpha value is 0.0649. The first-order chi connectivity index (χ1) is 8.68. The molecule has 0 amide bonds. The number of ether oxygens (including phenoxy) is 1. The SMILES string of the molecule is CCCOC[N+]1(CC(C)C)CCCC1.F[B-](F)(F)Cl. The second-order valence-electron chi connectivity index (χ2n) is 5.60. The lowest BCUT2D eigenvalue weighted by Gasteiger charge is -2.35. The van der Waals surface area contributed by atoms with Crippen LogP contribution in [0.1, 0.15) is 40.0 Å². The third-order valence-corrected chi connectivity index (χ3v) is 2.98. The lowest BCUT2D eigenvalue weighted by molar-refractivity contribution is -0.937. The minimum Gasteiger partial charge on any atom is -0.435 e. The van der Waals surface area contributed by atoms with Gasteiger partial charge in [-0.1, -0.05) is 20.8 Å². The van der Waals surface area contributed by atoms with Crippen molar-refractivity contribution in [2.75, 3.05) is 33.0 Å². The van der Waals surface area contributed by atoms with Crippen LogP contribution in [0.15, 0.2) is 0 Å². The van der Waals surface area contributed by atoms with Crippen LogP contribution in [0.5, 0.6) is 0 Å². The van der Waals surface area contributed by atoms with E-state index in [0.29, 0.717) is 0 Å². The van der Waals surface area contributed by atoms with Crippen LogP contribution in [0.2, 0.25) is 0 Å². The Kier molecular flexibility index (Phi) is 9.12. The normalized spacial score (nSPS) is 18.3. The van der Waals surface area contributed by atoms with Crippen molar-refractivity contribution in [3.63, 3.8) is 0 Å². The van der Waals surface area contributed by atoms with E-state index in [-0.39, 0.29) is 0 Å². The van der Waals surface area contributed by atoms with Gasteiger partial charge in [0.05, 0.1) is 26.2 Å². The molecule has 0 aliphatic carbocycles. The lowest BCUT2D eigenvalue weighted by atomic mass is 10.2. The molecule has 1 saturated heterocycles. The molecule has 1 rings (SSSR count). The first-order valence-electron chi connectivity index (χ1n) is 6.99. The Balaban J connectivity index is 0.000000555. The highest BCUT2D eigenvalue weighted by atomic mass is 35.5. The summed E-state index contributed by atoms with van der Waals surface area (Å²) in [5, 5.41) is 0. The summed E-state index contributed by atoms with van der Waals surface area (Å²) in [6.45, 7) is 12.7. The van der Waals surface area contributed by atoms with E-state index >= 15 is 0 Å². The third-order valence-electron chi connectivity index (χ3n) is 2.98. The molecule has 0 saturated carbocycles. The number of nitrogens with zero attached hydrogens (tertiary/aromatic N) is 1. The van der Waals surface area contributed by atoms with Crippen molar-refractivity contribution in [3.05, 3.63) is 0 Å². The van der Waals surface area contributed by atoms with Gasteiger partial charge in [-0.15, -0.1) is 0 Å². The van der Waals surface area contributed by atoms with Gasteiger partial charge in [-0.2, -0.15) is 0 Å². The smallest absolute Gasteiger partial charge is 0.435 e. The number of hydrogen-bond donors (Lipinski definition) is 0. The predicted octanol–water partition coefficient (Wildman–Crippen LogP) is 4.21. The van der Waals surface area contributed by atoms with Crippen molar-refractivity contribution in [2.45, 2.75) is 40.0 Å². The molecule has 0 radical (unpaired) electrons. The van der Waals surface area contributed by atoms with Crippen LogP contribution in [0, 0.1) is 5.92 Å². The van der Waals surface area contributed by atoms with E-state index in [4.69, 9.17) is 4.74 Å². The maximum atomic E-state index is 10.2. The first-order valence-corrected chi connectivity index (χ1v) is 7.42. The second-order valence-corrected chi connectivity index (χ2v) is 6.10. The van der Waals surface area contributed by atoms with Crippen LogP contribution in [-0.4, -0.2) is 43.8 Å². The Morgan fingerprint density at radius 3 is 2.05 bits per heavy atom. The van der Waals surface area contributed by atoms with Gasteiger partial charge in [0.25, 0.3) is 0 Å². The van der Waals surface area contributed by atoms with Crippen LogP contribution >= 0.6 is 11.5 Å². The summed E-state index contributed by atoms with van der Waals surface area (Å²) in [6.07, 6.45) is -1.11. The van der Waals surface area contributed by atoms with E-state index in [1.54, 1.807) is 0 Å². The molecule has 0 atom stereocenters. The molecule has 0 aromatic carbocycles. The minimum atomic E-state index is -5.03. The van der Waals surface area contributed by atoms with Gasteiger partial charge < -0.3 is 22.2 Å². The van der Waals surface area contributed by atoms with Crippen LogP contribution in [0.25, 0.3) is 0 Å². The molecule has 116 valence electrons. The summed E-state index contributed by atoms with van der Waals surface area (Å²) in [7, 11) is 0. The Bertz CT molecular complexity index is 228. The Labute approximate surface area is 119 Å². The van der Waals surface area contributed by atoms with Crippen molar-refractivity contribution in [1.82, 2.24) is 0 Å². The predicted molar refractivity (Wildman–Crippen MR) is 75.0 cm³/mol. The zero-order valence-electron chi connectivity index (χ0n) is 12.2. The summed E-state index contributed by atoms with van der Waals surface area (Å²) >= 11 is 3.59. The van der Waals surface area contributed by atoms with E-state index in [1.165, 1.54) is 37.0 Å². The maximum Gasteiger partial charge on any atom is 0.576 e. The highest BCUT2D eigenvalue weighted by Gasteiger charge is 2.32. The molecule has 0 unspecified atom stereocenters. The largest absolute Gasteiger partial charge is 0.576 e. The van der Waals surface area contributed by atoms with E-state index < -0.39 is 6.39 Å². The first kappa shape index (κ1) is 19.1. The van der Waals surface area contributed by atoms with Gasteiger partial charge in [-0.05, 0) is 6.42 Å². The van der Waals surface area contributed by atoms with Crippen LogP contribution < -0.4 is 0 Å². The summed E-state index contributed by atoms with van der Waals surface area (Å²) in [6, 6.07) is 0. The summed E-state index contributed by atoms with van der Waals surface area (Å²) in [5.74, 6) is 0.790. The fourth-order valence-corrected chi connectivity index (χ4v) is 2.55. The van der Waals surface area contributed by atoms with Gasteiger partial charge in [-0.3, -0.25) is 11.5 Å². The van der Waals surface area contributed by atoms with Crippen molar-refractivity contribution >= 4 is 17.9 Å². The Morgan fingerprint density at radius 2 is 1.68 bits per heavy atom. The minimum absolute atomic E-state index is 0.790. The zero-order valence-corrected chi connectivity index (χ0v) is 12.9. The van der Waals surface area contributed by atoms with Crippen molar-refractivity contribution in [1.29, 1.82) is 0 Å². The molecular formula is C12H26BClF3NO. The quantitative estimate of drug-likeness (QED) is 0.406. The van der Waals surface area contributed by atoms with Gasteiger partial charge in [-0.25, -0.2) is 0 Å². The number of quaternary nitrogens is 1. The molecule has 0 bridgehead atoms. The van der Waals surface area contributed by atoms with E-state index in [9.17, 15) is 12.9 Å². The molecule has 1 heterocycles. The third kappa shape index (κ3) is 11.6. The average molecular weight is 304 g/mol. The molecule has 0 N–H and O–H groups in total. The fourth-order valence-electron chi connectivity index (χ4n) is 2.55. The van der Waals surface area contributed by atoms with Crippen LogP contribution in [0.3, 0.4) is 0 Å². The molecule has 0 spiro atoms. The number of rotatable bonds is 6. The molecule has 7 heteroatoms. The van der Waals surface area contributed by atoms with Gasteiger partial charge >= 0.3 is 6.39 Å². The summed E-state index contributed by atoms with van der Waals surface area (Å²) in [4.78, 5) is 0. The van der Waals surface area contributed by atoms with Gasteiger partial charge in [0.2, 0.25) is 0 Å². The molecule has 1 aliphatic heterocycles. The number of hydrogen-bond acceptors (Lipinski definition) is 1. The molecule has 0 aromatic heterocycles. The molecule has 1 fully saturated rings. The highest BCUT2D eigenvalue weighted by Crippen LogP contribution is 2.21. The number of halogens is 4. The van der Waals surface area contributed by atoms with Crippen molar-refractivity contribution in [3.8, 4) is 0 Å². The highest BCUT2D eigenvalue weighted by molar-refractivity contribution is 7.08. The second kappa shape index (κ2) is 9.08. The fraction of sp³-hybridized carbons (Fsp3) is 1.00. The summed E-state index contributed by atoms with van der Waals surface area (Å²) in [5.41, 5.74) is 0. The monoisotopic (exact) mass is 303 g/mol. The van der Waals surface area contributed by atoms with Gasteiger partial charge in [0.15, 0.2) is 6.73 Å². The number of likely N-dealkylation sites (tertiary alicyclic amines) is 1. The van der Waals surface area contributed by atoms with Crippen molar-refractivity contribution < 1.29 is 22.2 Å². The van der Waals surface area contributed by atoms with Crippen molar-refractivity contribution in [2.24, 2.45) is 5.92 Å². The standard InChI is InChI=1S/C12H26NO.BClF3/c1-4-9-14-11-13(10-12(2)3)7-5-6-8-13;2-1(3,4)5/h12H,4-11H2,1-3H3;/q+1;-1. The van der Waals surface area contributed by atoms with Crippen LogP contribution in [-0.2, 0) is 4.74 Å². The zero-order chi connectivity index (χ0) is 14.9. The molecule has 2 nitrogen and oxygen atoms in total.